The summed E-state index contributed by atoms with van der Waals surface area (Å²) in [6.07, 6.45) is 0.681. The zero-order valence-corrected chi connectivity index (χ0v) is 14.8. The summed E-state index contributed by atoms with van der Waals surface area (Å²) < 4.78 is 4.83. The van der Waals surface area contributed by atoms with Gasteiger partial charge in [0.05, 0.1) is 12.7 Å². The number of thioether (sulfide) groups is 1. The molecule has 1 aliphatic heterocycles. The predicted molar refractivity (Wildman–Crippen MR) is 96.5 cm³/mol. The molecule has 0 bridgehead atoms. The van der Waals surface area contributed by atoms with Crippen LogP contribution in [0.15, 0.2) is 22.1 Å². The lowest BCUT2D eigenvalue weighted by atomic mass is 9.99. The van der Waals surface area contributed by atoms with Crippen LogP contribution in [0.3, 0.4) is 0 Å². The second kappa shape index (κ2) is 8.16. The normalized spacial score (nSPS) is 16.9. The third kappa shape index (κ3) is 4.27. The van der Waals surface area contributed by atoms with Crippen LogP contribution in [-0.2, 0) is 4.74 Å². The van der Waals surface area contributed by atoms with Crippen LogP contribution in [0.25, 0.3) is 0 Å². The number of carbonyl (C=O) groups is 1. The zero-order valence-electron chi connectivity index (χ0n) is 14.0. The van der Waals surface area contributed by atoms with Gasteiger partial charge in [-0.3, -0.25) is 0 Å². The monoisotopic (exact) mass is 350 g/mol. The minimum atomic E-state index is -0.394. The van der Waals surface area contributed by atoms with Gasteiger partial charge in [-0.15, -0.1) is 11.8 Å². The predicted octanol–water partition coefficient (Wildman–Crippen LogP) is 1.15. The number of aryl methyl sites for hydroxylation is 2. The lowest BCUT2D eigenvalue weighted by Crippen LogP contribution is -2.41. The van der Waals surface area contributed by atoms with Crippen LogP contribution in [0.2, 0.25) is 0 Å². The molecule has 1 heterocycles. The number of amidine groups is 1. The number of ether oxygens (including phenoxy) is 1. The molecule has 8 heteroatoms. The number of aliphatic hydroxyl groups is 1. The van der Waals surface area contributed by atoms with E-state index in [1.54, 1.807) is 6.07 Å². The smallest absolute Gasteiger partial charge is 0.338 e. The Hall–Kier alpha value is -2.06. The summed E-state index contributed by atoms with van der Waals surface area (Å²) in [4.78, 5) is 20.7. The van der Waals surface area contributed by atoms with Crippen molar-refractivity contribution in [2.45, 2.75) is 25.8 Å². The molecule has 24 heavy (non-hydrogen) atoms. The van der Waals surface area contributed by atoms with E-state index in [4.69, 9.17) is 15.6 Å². The summed E-state index contributed by atoms with van der Waals surface area (Å²) in [5, 5.41) is 11.9. The molecule has 7 nitrogen and oxygen atoms in total. The molecule has 0 amide bonds. The van der Waals surface area contributed by atoms with E-state index in [-0.39, 0.29) is 18.1 Å². The van der Waals surface area contributed by atoms with Crippen LogP contribution >= 0.6 is 11.8 Å². The summed E-state index contributed by atoms with van der Waals surface area (Å²) in [7, 11) is 1.35. The highest BCUT2D eigenvalue weighted by Gasteiger charge is 2.20. The molecule has 1 aromatic carbocycles. The molecule has 2 rings (SSSR count). The minimum Gasteiger partial charge on any atom is -0.465 e. The minimum absolute atomic E-state index is 0.138. The van der Waals surface area contributed by atoms with Gasteiger partial charge in [0.1, 0.15) is 0 Å². The van der Waals surface area contributed by atoms with Crippen LogP contribution in [-0.4, -0.2) is 47.8 Å². The van der Waals surface area contributed by atoms with Crippen molar-refractivity contribution in [3.8, 4) is 0 Å². The lowest BCUT2D eigenvalue weighted by molar-refractivity contribution is 0.0600. The van der Waals surface area contributed by atoms with Crippen molar-refractivity contribution in [1.29, 1.82) is 0 Å². The molecule has 0 saturated carbocycles. The second-order valence-corrected chi connectivity index (χ2v) is 6.56. The second-order valence-electron chi connectivity index (χ2n) is 5.37. The fourth-order valence-electron chi connectivity index (χ4n) is 2.34. The van der Waals surface area contributed by atoms with Gasteiger partial charge >= 0.3 is 5.97 Å². The number of hydrogen-bond acceptors (Lipinski definition) is 8. The van der Waals surface area contributed by atoms with Gasteiger partial charge in [0.25, 0.3) is 0 Å². The maximum absolute atomic E-state index is 11.9. The Morgan fingerprint density at radius 2 is 2.17 bits per heavy atom. The average Bonchev–Trinajstić information content (AvgIpc) is 2.54. The SMILES string of the molecule is COC(=O)c1cc(C2=NC(SCCCO)NC(N)=N2)c(C)cc1C. The molecule has 130 valence electrons. The number of aliphatic imine (C=N–C) groups is 2. The van der Waals surface area contributed by atoms with Crippen LogP contribution in [0.5, 0.6) is 0 Å². The molecule has 1 unspecified atom stereocenters. The van der Waals surface area contributed by atoms with Gasteiger partial charge in [0.15, 0.2) is 17.3 Å². The quantitative estimate of drug-likeness (QED) is 0.524. The van der Waals surface area contributed by atoms with Gasteiger partial charge in [-0.1, -0.05) is 6.07 Å². The molecular formula is C16H22N4O3S. The standard InChI is InChI=1S/C16H22N4O3S/c1-9-7-10(2)12(14(22)23-3)8-11(9)13-18-15(17)20-16(19-13)24-6-4-5-21/h7-8,16,21H,4-6H2,1-3H3,(H3,17,18,19,20). The number of guanidine groups is 1. The lowest BCUT2D eigenvalue weighted by Gasteiger charge is -2.21. The molecular weight excluding hydrogens is 328 g/mol. The summed E-state index contributed by atoms with van der Waals surface area (Å²) in [5.41, 5.74) is 8.62. The highest BCUT2D eigenvalue weighted by Crippen LogP contribution is 2.21. The van der Waals surface area contributed by atoms with Crippen molar-refractivity contribution >= 4 is 29.5 Å². The Balaban J connectivity index is 2.36. The summed E-state index contributed by atoms with van der Waals surface area (Å²) in [6, 6.07) is 3.65. The molecule has 0 radical (unpaired) electrons. The third-order valence-electron chi connectivity index (χ3n) is 3.53. The first-order valence-corrected chi connectivity index (χ1v) is 8.62. The van der Waals surface area contributed by atoms with Crippen molar-refractivity contribution in [3.05, 3.63) is 34.4 Å². The van der Waals surface area contributed by atoms with E-state index in [0.717, 1.165) is 22.4 Å². The van der Waals surface area contributed by atoms with Crippen molar-refractivity contribution in [2.24, 2.45) is 15.7 Å². The van der Waals surface area contributed by atoms with Gasteiger partial charge in [-0.2, -0.15) is 4.99 Å². The molecule has 0 aromatic heterocycles. The average molecular weight is 350 g/mol. The summed E-state index contributed by atoms with van der Waals surface area (Å²) >= 11 is 1.54. The van der Waals surface area contributed by atoms with E-state index < -0.39 is 5.97 Å². The van der Waals surface area contributed by atoms with Crippen LogP contribution in [0, 0.1) is 13.8 Å². The van der Waals surface area contributed by atoms with E-state index >= 15 is 0 Å². The van der Waals surface area contributed by atoms with E-state index in [1.165, 1.54) is 18.9 Å². The van der Waals surface area contributed by atoms with Crippen molar-refractivity contribution in [3.63, 3.8) is 0 Å². The third-order valence-corrected chi connectivity index (χ3v) is 4.60. The van der Waals surface area contributed by atoms with Crippen LogP contribution in [0.1, 0.15) is 33.5 Å². The van der Waals surface area contributed by atoms with Crippen LogP contribution < -0.4 is 11.1 Å². The molecule has 1 atom stereocenters. The number of carbonyl (C=O) groups excluding carboxylic acids is 1. The molecule has 0 spiro atoms. The first-order valence-electron chi connectivity index (χ1n) is 7.57. The number of esters is 1. The summed E-state index contributed by atoms with van der Waals surface area (Å²) in [6.45, 7) is 3.94. The number of hydrogen-bond donors (Lipinski definition) is 3. The molecule has 0 fully saturated rings. The molecule has 0 aliphatic carbocycles. The number of benzene rings is 1. The Morgan fingerprint density at radius 1 is 1.42 bits per heavy atom. The van der Waals surface area contributed by atoms with Gasteiger partial charge < -0.3 is 20.9 Å². The van der Waals surface area contributed by atoms with Gasteiger partial charge in [-0.05, 0) is 43.2 Å². The maximum atomic E-state index is 11.9. The summed E-state index contributed by atoms with van der Waals surface area (Å²) in [5.74, 6) is 1.11. The zero-order chi connectivity index (χ0) is 17.7. The van der Waals surface area contributed by atoms with E-state index in [9.17, 15) is 4.79 Å². The molecule has 1 aliphatic rings. The fraction of sp³-hybridized carbons (Fsp3) is 0.438. The molecule has 1 aromatic rings. The Morgan fingerprint density at radius 3 is 2.83 bits per heavy atom. The largest absolute Gasteiger partial charge is 0.465 e. The number of nitrogens with one attached hydrogen (secondary N) is 1. The maximum Gasteiger partial charge on any atom is 0.338 e. The van der Waals surface area contributed by atoms with Crippen molar-refractivity contribution in [1.82, 2.24) is 5.32 Å². The Bertz CT molecular complexity index is 688. The van der Waals surface area contributed by atoms with E-state index in [0.29, 0.717) is 17.8 Å². The van der Waals surface area contributed by atoms with E-state index in [2.05, 4.69) is 15.3 Å². The Labute approximate surface area is 145 Å². The highest BCUT2D eigenvalue weighted by molar-refractivity contribution is 7.99. The number of aliphatic hydroxyl groups excluding tert-OH is 1. The van der Waals surface area contributed by atoms with Gasteiger partial charge in [0, 0.05) is 12.2 Å². The highest BCUT2D eigenvalue weighted by atomic mass is 32.2. The van der Waals surface area contributed by atoms with Gasteiger partial charge in [-0.25, -0.2) is 9.79 Å². The fourth-order valence-corrected chi connectivity index (χ4v) is 3.23. The molecule has 4 N–H and O–H groups in total. The Kier molecular flexibility index (Phi) is 6.22. The van der Waals surface area contributed by atoms with Crippen molar-refractivity contribution < 1.29 is 14.6 Å². The topological polar surface area (TPSA) is 109 Å². The first-order chi connectivity index (χ1) is 11.5. The number of nitrogens with two attached hydrogens (primary N) is 1. The van der Waals surface area contributed by atoms with Crippen molar-refractivity contribution in [2.75, 3.05) is 19.5 Å². The number of methoxy groups -OCH3 is 1. The van der Waals surface area contributed by atoms with Gasteiger partial charge in [0.2, 0.25) is 0 Å². The number of rotatable bonds is 6. The van der Waals surface area contributed by atoms with E-state index in [1.807, 2.05) is 19.9 Å². The van der Waals surface area contributed by atoms with Crippen LogP contribution in [0.4, 0.5) is 0 Å². The first kappa shape index (κ1) is 18.3. The number of nitrogens with zero attached hydrogens (tertiary/aromatic N) is 2. The molecule has 0 saturated heterocycles.